The van der Waals surface area contributed by atoms with Crippen molar-refractivity contribution in [2.75, 3.05) is 20.3 Å². The zero-order valence-electron chi connectivity index (χ0n) is 12.0. The zero-order chi connectivity index (χ0) is 13.2. The molecule has 1 N–H and O–H groups in total. The normalized spacial score (nSPS) is 20.0. The molecule has 1 unspecified atom stereocenters. The first kappa shape index (κ1) is 14.0. The van der Waals surface area contributed by atoms with E-state index in [1.54, 1.807) is 0 Å². The topological polar surface area (TPSA) is 21.3 Å². The van der Waals surface area contributed by atoms with E-state index in [1.165, 1.54) is 22.6 Å². The van der Waals surface area contributed by atoms with Gasteiger partial charge >= 0.3 is 0 Å². The summed E-state index contributed by atoms with van der Waals surface area (Å²) >= 11 is 1.96. The molecule has 1 saturated heterocycles. The first-order valence-corrected chi connectivity index (χ1v) is 7.69. The Morgan fingerprint density at radius 3 is 2.44 bits per heavy atom. The average molecular weight is 267 g/mol. The number of hydrogen-bond acceptors (Lipinski definition) is 3. The van der Waals surface area contributed by atoms with Gasteiger partial charge in [-0.3, -0.25) is 0 Å². The first-order valence-electron chi connectivity index (χ1n) is 6.87. The summed E-state index contributed by atoms with van der Waals surface area (Å²) in [6.45, 7) is 8.68. The van der Waals surface area contributed by atoms with Gasteiger partial charge in [0.2, 0.25) is 0 Å². The molecular formula is C15H25NOS. The number of thiophene rings is 1. The summed E-state index contributed by atoms with van der Waals surface area (Å²) < 4.78 is 5.47. The van der Waals surface area contributed by atoms with E-state index in [-0.39, 0.29) is 5.41 Å². The molecule has 0 radical (unpaired) electrons. The third kappa shape index (κ3) is 3.14. The smallest absolute Gasteiger partial charge is 0.0469 e. The van der Waals surface area contributed by atoms with Crippen LogP contribution < -0.4 is 5.32 Å². The van der Waals surface area contributed by atoms with Crippen molar-refractivity contribution in [3.63, 3.8) is 0 Å². The van der Waals surface area contributed by atoms with E-state index in [2.05, 4.69) is 45.3 Å². The largest absolute Gasteiger partial charge is 0.381 e. The van der Waals surface area contributed by atoms with Crippen molar-refractivity contribution in [2.45, 2.75) is 45.1 Å². The van der Waals surface area contributed by atoms with Gasteiger partial charge in [-0.1, -0.05) is 20.8 Å². The fraction of sp³-hybridized carbons (Fsp3) is 0.733. The van der Waals surface area contributed by atoms with E-state index >= 15 is 0 Å². The average Bonchev–Trinajstić information content (AvgIpc) is 2.81. The zero-order valence-corrected chi connectivity index (χ0v) is 12.8. The number of ether oxygens (including phenoxy) is 1. The molecule has 3 heteroatoms. The Balaban J connectivity index is 2.14. The van der Waals surface area contributed by atoms with Crippen molar-refractivity contribution in [3.05, 3.63) is 21.9 Å². The van der Waals surface area contributed by atoms with Crippen LogP contribution in [0.15, 0.2) is 12.1 Å². The molecule has 1 aromatic heterocycles. The van der Waals surface area contributed by atoms with E-state index in [0.29, 0.717) is 6.04 Å². The molecular weight excluding hydrogens is 242 g/mol. The molecule has 0 saturated carbocycles. The fourth-order valence-electron chi connectivity index (χ4n) is 2.58. The maximum absolute atomic E-state index is 5.47. The second-order valence-electron chi connectivity index (χ2n) is 6.17. The van der Waals surface area contributed by atoms with Crippen LogP contribution in [0.5, 0.6) is 0 Å². The molecule has 1 fully saturated rings. The van der Waals surface area contributed by atoms with Gasteiger partial charge in [-0.25, -0.2) is 0 Å². The van der Waals surface area contributed by atoms with Crippen molar-refractivity contribution in [1.82, 2.24) is 5.32 Å². The van der Waals surface area contributed by atoms with E-state index in [1.807, 2.05) is 11.3 Å². The maximum Gasteiger partial charge on any atom is 0.0469 e. The van der Waals surface area contributed by atoms with Crippen LogP contribution in [0.4, 0.5) is 0 Å². The fourth-order valence-corrected chi connectivity index (χ4v) is 3.85. The molecule has 1 aliphatic heterocycles. The van der Waals surface area contributed by atoms with E-state index in [4.69, 9.17) is 4.74 Å². The molecule has 1 aliphatic rings. The standard InChI is InChI=1S/C15H25NOS/c1-15(2,3)13-6-5-12(18-13)14(16-4)11-7-9-17-10-8-11/h5-6,11,14,16H,7-10H2,1-4H3. The van der Waals surface area contributed by atoms with Gasteiger partial charge in [0.25, 0.3) is 0 Å². The van der Waals surface area contributed by atoms with Gasteiger partial charge in [-0.2, -0.15) is 0 Å². The molecule has 0 aromatic carbocycles. The third-order valence-corrected chi connectivity index (χ3v) is 5.31. The minimum absolute atomic E-state index is 0.261. The molecule has 18 heavy (non-hydrogen) atoms. The predicted octanol–water partition coefficient (Wildman–Crippen LogP) is 3.73. The minimum Gasteiger partial charge on any atom is -0.381 e. The summed E-state index contributed by atoms with van der Waals surface area (Å²) in [5.41, 5.74) is 0.261. The quantitative estimate of drug-likeness (QED) is 0.901. The molecule has 0 aliphatic carbocycles. The Bertz CT molecular complexity index is 374. The van der Waals surface area contributed by atoms with Crippen LogP contribution in [-0.4, -0.2) is 20.3 Å². The van der Waals surface area contributed by atoms with Gasteiger partial charge in [0.05, 0.1) is 0 Å². The lowest BCUT2D eigenvalue weighted by molar-refractivity contribution is 0.0550. The van der Waals surface area contributed by atoms with Gasteiger partial charge in [0, 0.05) is 29.0 Å². The molecule has 0 bridgehead atoms. The Labute approximate surface area is 115 Å². The van der Waals surface area contributed by atoms with Crippen LogP contribution >= 0.6 is 11.3 Å². The molecule has 2 heterocycles. The van der Waals surface area contributed by atoms with Crippen molar-refractivity contribution in [3.8, 4) is 0 Å². The van der Waals surface area contributed by atoms with Crippen LogP contribution in [0.1, 0.15) is 49.4 Å². The Morgan fingerprint density at radius 2 is 1.94 bits per heavy atom. The van der Waals surface area contributed by atoms with Gasteiger partial charge in [0.15, 0.2) is 0 Å². The van der Waals surface area contributed by atoms with Crippen LogP contribution in [0.3, 0.4) is 0 Å². The van der Waals surface area contributed by atoms with Gasteiger partial charge < -0.3 is 10.1 Å². The summed E-state index contributed by atoms with van der Waals surface area (Å²) in [4.78, 5) is 2.96. The van der Waals surface area contributed by atoms with Crippen molar-refractivity contribution in [2.24, 2.45) is 5.92 Å². The number of nitrogens with one attached hydrogen (secondary N) is 1. The number of hydrogen-bond donors (Lipinski definition) is 1. The SMILES string of the molecule is CNC(c1ccc(C(C)(C)C)s1)C1CCOCC1. The lowest BCUT2D eigenvalue weighted by Gasteiger charge is -2.29. The molecule has 0 spiro atoms. The van der Waals surface area contributed by atoms with Crippen molar-refractivity contribution >= 4 is 11.3 Å². The molecule has 0 amide bonds. The van der Waals surface area contributed by atoms with Crippen LogP contribution in [-0.2, 0) is 10.2 Å². The third-order valence-electron chi connectivity index (χ3n) is 3.72. The summed E-state index contributed by atoms with van der Waals surface area (Å²) in [7, 11) is 2.08. The van der Waals surface area contributed by atoms with E-state index in [9.17, 15) is 0 Å². The van der Waals surface area contributed by atoms with E-state index in [0.717, 1.165) is 19.1 Å². The number of rotatable bonds is 3. The molecule has 1 aromatic rings. The van der Waals surface area contributed by atoms with Crippen molar-refractivity contribution < 1.29 is 4.74 Å². The van der Waals surface area contributed by atoms with Gasteiger partial charge in [-0.05, 0) is 43.4 Å². The highest BCUT2D eigenvalue weighted by atomic mass is 32.1. The van der Waals surface area contributed by atoms with Gasteiger partial charge in [0.1, 0.15) is 0 Å². The molecule has 102 valence electrons. The lowest BCUT2D eigenvalue weighted by atomic mass is 9.90. The summed E-state index contributed by atoms with van der Waals surface area (Å²) in [6, 6.07) is 5.10. The van der Waals surface area contributed by atoms with Crippen LogP contribution in [0.2, 0.25) is 0 Å². The van der Waals surface area contributed by atoms with Gasteiger partial charge in [-0.15, -0.1) is 11.3 Å². The minimum atomic E-state index is 0.261. The molecule has 2 nitrogen and oxygen atoms in total. The predicted molar refractivity (Wildman–Crippen MR) is 78.4 cm³/mol. The Morgan fingerprint density at radius 1 is 1.28 bits per heavy atom. The molecule has 1 atom stereocenters. The lowest BCUT2D eigenvalue weighted by Crippen LogP contribution is -2.29. The maximum atomic E-state index is 5.47. The van der Waals surface area contributed by atoms with Crippen molar-refractivity contribution in [1.29, 1.82) is 0 Å². The molecule has 2 rings (SSSR count). The first-order chi connectivity index (χ1) is 8.52. The van der Waals surface area contributed by atoms with Crippen LogP contribution in [0.25, 0.3) is 0 Å². The Kier molecular flexibility index (Phi) is 4.46. The second-order valence-corrected chi connectivity index (χ2v) is 7.28. The second kappa shape index (κ2) is 5.72. The Hall–Kier alpha value is -0.380. The van der Waals surface area contributed by atoms with Crippen LogP contribution in [0, 0.1) is 5.92 Å². The summed E-state index contributed by atoms with van der Waals surface area (Å²) in [5.74, 6) is 0.718. The monoisotopic (exact) mass is 267 g/mol. The summed E-state index contributed by atoms with van der Waals surface area (Å²) in [6.07, 6.45) is 2.35. The highest BCUT2D eigenvalue weighted by Gasteiger charge is 2.26. The highest BCUT2D eigenvalue weighted by Crippen LogP contribution is 2.37. The van der Waals surface area contributed by atoms with E-state index < -0.39 is 0 Å². The highest BCUT2D eigenvalue weighted by molar-refractivity contribution is 7.12. The summed E-state index contributed by atoms with van der Waals surface area (Å²) in [5, 5.41) is 3.51.